The molecule has 0 saturated carbocycles. The van der Waals surface area contributed by atoms with Crippen LogP contribution < -0.4 is 0 Å². The first-order valence-corrected chi connectivity index (χ1v) is 4.55. The number of nitrogens with zero attached hydrogens (tertiary/aromatic N) is 3. The third-order valence-electron chi connectivity index (χ3n) is 2.75. The maximum atomic E-state index is 8.91. The van der Waals surface area contributed by atoms with Crippen LogP contribution in [-0.4, -0.2) is 23.5 Å². The van der Waals surface area contributed by atoms with Crippen LogP contribution in [0.4, 0.5) is 5.69 Å². The van der Waals surface area contributed by atoms with E-state index in [1.165, 1.54) is 0 Å². The molecule has 1 N–H and O–H groups in total. The highest BCUT2D eigenvalue weighted by Gasteiger charge is 2.34. The Balaban J connectivity index is 2.12. The Morgan fingerprint density at radius 2 is 2.43 bits per heavy atom. The van der Waals surface area contributed by atoms with Crippen LogP contribution in [0.15, 0.2) is 22.4 Å². The predicted octanol–water partition coefficient (Wildman–Crippen LogP) is 1.29. The van der Waals surface area contributed by atoms with Crippen molar-refractivity contribution >= 4 is 17.6 Å². The monoisotopic (exact) mass is 184 g/mol. The highest BCUT2D eigenvalue weighted by Crippen LogP contribution is 2.32. The second-order valence-corrected chi connectivity index (χ2v) is 3.52. The minimum absolute atomic E-state index is 0.0307. The van der Waals surface area contributed by atoms with E-state index in [9.17, 15) is 0 Å². The number of aromatic nitrogens is 1. The van der Waals surface area contributed by atoms with Gasteiger partial charge in [0.1, 0.15) is 0 Å². The summed E-state index contributed by atoms with van der Waals surface area (Å²) in [6.07, 6.45) is 5.59. The van der Waals surface area contributed by atoms with Crippen molar-refractivity contribution in [3.05, 3.63) is 18.0 Å². The van der Waals surface area contributed by atoms with Crippen molar-refractivity contribution < 1.29 is 0 Å². The number of aliphatic imine (C=N–C) groups is 2. The van der Waals surface area contributed by atoms with E-state index >= 15 is 0 Å². The van der Waals surface area contributed by atoms with Crippen molar-refractivity contribution in [2.24, 2.45) is 21.8 Å². The Morgan fingerprint density at radius 3 is 3.29 bits per heavy atom. The highest BCUT2D eigenvalue weighted by atomic mass is 14.9. The summed E-state index contributed by atoms with van der Waals surface area (Å²) in [5.41, 5.74) is 3.00. The van der Waals surface area contributed by atoms with Crippen LogP contribution >= 0.6 is 0 Å². The third kappa shape index (κ3) is 0.814. The quantitative estimate of drug-likeness (QED) is 0.648. The number of fused-ring (bicyclic) bond motifs is 3. The summed E-state index contributed by atoms with van der Waals surface area (Å²) < 4.78 is 0. The highest BCUT2D eigenvalue weighted by molar-refractivity contribution is 6.16. The van der Waals surface area contributed by atoms with Crippen LogP contribution in [0.3, 0.4) is 0 Å². The first kappa shape index (κ1) is 7.51. The second kappa shape index (κ2) is 2.55. The molecule has 4 nitrogen and oxygen atoms in total. The van der Waals surface area contributed by atoms with Crippen molar-refractivity contribution in [1.29, 1.82) is 5.26 Å². The third-order valence-corrected chi connectivity index (χ3v) is 2.75. The summed E-state index contributed by atoms with van der Waals surface area (Å²) >= 11 is 0. The smallest absolute Gasteiger partial charge is 0.0891 e. The Hall–Kier alpha value is -1.89. The van der Waals surface area contributed by atoms with E-state index in [1.54, 1.807) is 0 Å². The van der Waals surface area contributed by atoms with Gasteiger partial charge in [0.05, 0.1) is 35.8 Å². The van der Waals surface area contributed by atoms with Gasteiger partial charge in [-0.15, -0.1) is 0 Å². The van der Waals surface area contributed by atoms with Gasteiger partial charge in [-0.1, -0.05) is 0 Å². The molecule has 0 aromatic carbocycles. The fourth-order valence-corrected chi connectivity index (χ4v) is 1.99. The normalized spacial score (nSPS) is 27.8. The van der Waals surface area contributed by atoms with Crippen LogP contribution in [0.1, 0.15) is 5.56 Å². The van der Waals surface area contributed by atoms with Crippen molar-refractivity contribution in [2.75, 3.05) is 6.54 Å². The molecule has 0 fully saturated rings. The average Bonchev–Trinajstić information content (AvgIpc) is 2.82. The van der Waals surface area contributed by atoms with Crippen LogP contribution in [0.2, 0.25) is 0 Å². The molecule has 0 amide bonds. The zero-order valence-electron chi connectivity index (χ0n) is 7.44. The fourth-order valence-electron chi connectivity index (χ4n) is 1.99. The lowest BCUT2D eigenvalue weighted by atomic mass is 9.89. The molecule has 3 heterocycles. The maximum absolute atomic E-state index is 8.91. The SMILES string of the molecule is N#CC1CN=C2c3c[nH]cc3N=CC21. The number of H-pyrrole nitrogens is 1. The molecule has 3 rings (SSSR count). The molecule has 2 atom stereocenters. The number of rotatable bonds is 0. The number of aromatic amines is 1. The zero-order valence-corrected chi connectivity index (χ0v) is 7.44. The molecule has 2 aliphatic rings. The van der Waals surface area contributed by atoms with E-state index in [4.69, 9.17) is 5.26 Å². The van der Waals surface area contributed by atoms with Gasteiger partial charge in [0.2, 0.25) is 0 Å². The second-order valence-electron chi connectivity index (χ2n) is 3.52. The Kier molecular flexibility index (Phi) is 1.37. The molecule has 1 aromatic rings. The van der Waals surface area contributed by atoms with Gasteiger partial charge in [-0.25, -0.2) is 0 Å². The van der Waals surface area contributed by atoms with Crippen LogP contribution in [0, 0.1) is 23.2 Å². The lowest BCUT2D eigenvalue weighted by molar-refractivity contribution is 0.688. The van der Waals surface area contributed by atoms with Crippen molar-refractivity contribution in [3.63, 3.8) is 0 Å². The van der Waals surface area contributed by atoms with Crippen molar-refractivity contribution in [1.82, 2.24) is 4.98 Å². The van der Waals surface area contributed by atoms with Crippen molar-refractivity contribution in [3.8, 4) is 6.07 Å². The van der Waals surface area contributed by atoms with E-state index in [-0.39, 0.29) is 11.8 Å². The molecule has 4 heteroatoms. The molecule has 68 valence electrons. The van der Waals surface area contributed by atoms with E-state index in [2.05, 4.69) is 21.0 Å². The lowest BCUT2D eigenvalue weighted by Crippen LogP contribution is -2.22. The molecule has 0 radical (unpaired) electrons. The molecule has 0 bridgehead atoms. The molecule has 0 saturated heterocycles. The number of nitriles is 1. The van der Waals surface area contributed by atoms with Gasteiger partial charge in [0, 0.05) is 24.2 Å². The minimum atomic E-state index is -0.0307. The molecule has 2 unspecified atom stereocenters. The summed E-state index contributed by atoms with van der Waals surface area (Å²) in [5, 5.41) is 8.91. The first-order chi connectivity index (χ1) is 6.90. The summed E-state index contributed by atoms with van der Waals surface area (Å²) in [7, 11) is 0. The topological polar surface area (TPSA) is 64.3 Å². The number of hydrogen-bond donors (Lipinski definition) is 1. The summed E-state index contributed by atoms with van der Waals surface area (Å²) in [5.74, 6) is 0.0695. The molecule has 0 spiro atoms. The Morgan fingerprint density at radius 1 is 1.50 bits per heavy atom. The molecule has 1 aromatic heterocycles. The van der Waals surface area contributed by atoms with Crippen LogP contribution in [-0.2, 0) is 0 Å². The van der Waals surface area contributed by atoms with Gasteiger partial charge in [-0.2, -0.15) is 5.26 Å². The van der Waals surface area contributed by atoms with Gasteiger partial charge in [-0.05, 0) is 0 Å². The van der Waals surface area contributed by atoms with Crippen LogP contribution in [0.5, 0.6) is 0 Å². The molecular weight excluding hydrogens is 176 g/mol. The summed E-state index contributed by atoms with van der Waals surface area (Å²) in [4.78, 5) is 11.7. The Labute approximate surface area is 81.0 Å². The Bertz CT molecular complexity index is 475. The van der Waals surface area contributed by atoms with Gasteiger partial charge in [0.25, 0.3) is 0 Å². The molecule has 0 aliphatic carbocycles. The van der Waals surface area contributed by atoms with E-state index < -0.39 is 0 Å². The fraction of sp³-hybridized carbons (Fsp3) is 0.300. The molecule has 14 heavy (non-hydrogen) atoms. The van der Waals surface area contributed by atoms with E-state index in [0.717, 1.165) is 17.0 Å². The maximum Gasteiger partial charge on any atom is 0.0891 e. The summed E-state index contributed by atoms with van der Waals surface area (Å²) in [6.45, 7) is 0.604. The minimum Gasteiger partial charge on any atom is -0.365 e. The van der Waals surface area contributed by atoms with E-state index in [0.29, 0.717) is 6.54 Å². The zero-order chi connectivity index (χ0) is 9.54. The van der Waals surface area contributed by atoms with Gasteiger partial charge in [0.15, 0.2) is 0 Å². The molecule has 2 aliphatic heterocycles. The van der Waals surface area contributed by atoms with Gasteiger partial charge >= 0.3 is 0 Å². The molecular formula is C10H8N4. The largest absolute Gasteiger partial charge is 0.365 e. The summed E-state index contributed by atoms with van der Waals surface area (Å²) in [6, 6.07) is 2.27. The van der Waals surface area contributed by atoms with E-state index in [1.807, 2.05) is 18.6 Å². The van der Waals surface area contributed by atoms with Gasteiger partial charge in [-0.3, -0.25) is 9.98 Å². The number of hydrogen-bond acceptors (Lipinski definition) is 3. The standard InChI is InChI=1S/C10H8N4/c11-1-6-2-14-10-7(6)4-13-9-5-12-3-8(9)10/h3-7,12H,2H2. The lowest BCUT2D eigenvalue weighted by Gasteiger charge is -2.14. The van der Waals surface area contributed by atoms with Crippen LogP contribution in [0.25, 0.3) is 0 Å². The predicted molar refractivity (Wildman–Crippen MR) is 52.9 cm³/mol. The number of nitrogens with one attached hydrogen (secondary N) is 1. The average molecular weight is 184 g/mol. The van der Waals surface area contributed by atoms with Crippen molar-refractivity contribution in [2.45, 2.75) is 0 Å². The first-order valence-electron chi connectivity index (χ1n) is 4.55. The van der Waals surface area contributed by atoms with Gasteiger partial charge < -0.3 is 4.98 Å².